The lowest BCUT2D eigenvalue weighted by molar-refractivity contribution is 0.230. The first kappa shape index (κ1) is 11.6. The molecule has 0 radical (unpaired) electrons. The molecule has 0 aromatic carbocycles. The molecule has 2 N–H and O–H groups in total. The first-order valence-electron chi connectivity index (χ1n) is 6.28. The van der Waals surface area contributed by atoms with E-state index in [0.717, 1.165) is 37.5 Å². The number of aryl methyl sites for hydroxylation is 1. The number of rotatable bonds is 3. The molecule has 0 saturated heterocycles. The second kappa shape index (κ2) is 4.53. The molecule has 1 aliphatic rings. The van der Waals surface area contributed by atoms with E-state index in [2.05, 4.69) is 23.9 Å². The predicted octanol–water partition coefficient (Wildman–Crippen LogP) is 1.75. The highest BCUT2D eigenvalue weighted by molar-refractivity contribution is 4.99. The van der Waals surface area contributed by atoms with Crippen LogP contribution in [0.2, 0.25) is 0 Å². The Labute approximate surface area is 97.2 Å². The summed E-state index contributed by atoms with van der Waals surface area (Å²) in [4.78, 5) is 4.32. The van der Waals surface area contributed by atoms with E-state index in [1.165, 1.54) is 12.8 Å². The molecule has 1 heterocycles. The fourth-order valence-electron chi connectivity index (χ4n) is 2.87. The zero-order valence-corrected chi connectivity index (χ0v) is 10.3. The van der Waals surface area contributed by atoms with Crippen LogP contribution in [0.25, 0.3) is 0 Å². The topological polar surface area (TPSA) is 56.7 Å². The number of aromatic nitrogens is 3. The van der Waals surface area contributed by atoms with Crippen molar-refractivity contribution < 1.29 is 0 Å². The lowest BCUT2D eigenvalue weighted by atomic mass is 9.75. The molecule has 1 fully saturated rings. The van der Waals surface area contributed by atoms with Crippen molar-refractivity contribution >= 4 is 0 Å². The van der Waals surface area contributed by atoms with Gasteiger partial charge in [-0.3, -0.25) is 4.68 Å². The fourth-order valence-corrected chi connectivity index (χ4v) is 2.87. The third kappa shape index (κ3) is 2.43. The van der Waals surface area contributed by atoms with Crippen LogP contribution in [0.15, 0.2) is 6.33 Å². The van der Waals surface area contributed by atoms with Crippen molar-refractivity contribution in [2.45, 2.75) is 58.0 Å². The third-order valence-corrected chi connectivity index (χ3v) is 3.63. The second-order valence-corrected chi connectivity index (χ2v) is 5.23. The molecule has 4 heteroatoms. The SMILES string of the molecule is CCn1ncnc1CC1(N)CCCC(C)C1. The van der Waals surface area contributed by atoms with E-state index in [-0.39, 0.29) is 5.54 Å². The summed E-state index contributed by atoms with van der Waals surface area (Å²) in [5.41, 5.74) is 6.43. The Hall–Kier alpha value is -0.900. The zero-order chi connectivity index (χ0) is 11.6. The highest BCUT2D eigenvalue weighted by Crippen LogP contribution is 2.32. The van der Waals surface area contributed by atoms with Crippen molar-refractivity contribution in [3.8, 4) is 0 Å². The number of hydrogen-bond donors (Lipinski definition) is 1. The summed E-state index contributed by atoms with van der Waals surface area (Å²) < 4.78 is 1.95. The summed E-state index contributed by atoms with van der Waals surface area (Å²) in [5.74, 6) is 1.79. The van der Waals surface area contributed by atoms with Gasteiger partial charge in [0.15, 0.2) is 0 Å². The molecule has 0 spiro atoms. The van der Waals surface area contributed by atoms with Gasteiger partial charge in [-0.2, -0.15) is 5.10 Å². The van der Waals surface area contributed by atoms with Crippen LogP contribution in [0.4, 0.5) is 0 Å². The standard InChI is InChI=1S/C12H22N4/c1-3-16-11(14-9-15-16)8-12(13)6-4-5-10(2)7-12/h9-10H,3-8,13H2,1-2H3. The quantitative estimate of drug-likeness (QED) is 0.847. The molecule has 2 rings (SSSR count). The summed E-state index contributed by atoms with van der Waals surface area (Å²) in [6.45, 7) is 5.26. The molecule has 2 unspecified atom stereocenters. The maximum Gasteiger partial charge on any atom is 0.138 e. The van der Waals surface area contributed by atoms with Gasteiger partial charge in [0.1, 0.15) is 12.2 Å². The van der Waals surface area contributed by atoms with Crippen molar-refractivity contribution in [2.24, 2.45) is 11.7 Å². The minimum atomic E-state index is -0.0579. The average molecular weight is 222 g/mol. The van der Waals surface area contributed by atoms with E-state index in [4.69, 9.17) is 5.73 Å². The normalized spacial score (nSPS) is 30.6. The summed E-state index contributed by atoms with van der Waals surface area (Å²) >= 11 is 0. The van der Waals surface area contributed by atoms with E-state index in [0.29, 0.717) is 0 Å². The summed E-state index contributed by atoms with van der Waals surface area (Å²) in [5, 5.41) is 4.20. The van der Waals surface area contributed by atoms with Crippen molar-refractivity contribution in [2.75, 3.05) is 0 Å². The molecular weight excluding hydrogens is 200 g/mol. The summed E-state index contributed by atoms with van der Waals surface area (Å²) in [6.07, 6.45) is 7.30. The van der Waals surface area contributed by atoms with Gasteiger partial charge in [-0.05, 0) is 25.7 Å². The Morgan fingerprint density at radius 1 is 1.62 bits per heavy atom. The van der Waals surface area contributed by atoms with E-state index in [1.54, 1.807) is 6.33 Å². The molecule has 1 aromatic heterocycles. The Bertz CT molecular complexity index is 347. The van der Waals surface area contributed by atoms with Gasteiger partial charge in [-0.25, -0.2) is 4.98 Å². The Balaban J connectivity index is 2.08. The monoisotopic (exact) mass is 222 g/mol. The van der Waals surface area contributed by atoms with E-state index >= 15 is 0 Å². The van der Waals surface area contributed by atoms with Gasteiger partial charge in [-0.1, -0.05) is 19.8 Å². The molecule has 0 amide bonds. The first-order valence-corrected chi connectivity index (χ1v) is 6.28. The van der Waals surface area contributed by atoms with Crippen molar-refractivity contribution in [3.63, 3.8) is 0 Å². The summed E-state index contributed by atoms with van der Waals surface area (Å²) in [6, 6.07) is 0. The molecule has 90 valence electrons. The maximum absolute atomic E-state index is 6.48. The summed E-state index contributed by atoms with van der Waals surface area (Å²) in [7, 11) is 0. The lowest BCUT2D eigenvalue weighted by Gasteiger charge is -2.36. The number of nitrogens with zero attached hydrogens (tertiary/aromatic N) is 3. The molecule has 1 aromatic rings. The first-order chi connectivity index (χ1) is 7.63. The number of hydrogen-bond acceptors (Lipinski definition) is 3. The van der Waals surface area contributed by atoms with Gasteiger partial charge in [0.2, 0.25) is 0 Å². The van der Waals surface area contributed by atoms with Crippen LogP contribution in [0.1, 0.15) is 45.4 Å². The zero-order valence-electron chi connectivity index (χ0n) is 10.3. The van der Waals surface area contributed by atoms with Gasteiger partial charge < -0.3 is 5.73 Å². The Morgan fingerprint density at radius 3 is 3.12 bits per heavy atom. The van der Waals surface area contributed by atoms with Crippen molar-refractivity contribution in [1.82, 2.24) is 14.8 Å². The van der Waals surface area contributed by atoms with Crippen LogP contribution in [-0.2, 0) is 13.0 Å². The van der Waals surface area contributed by atoms with Crippen molar-refractivity contribution in [1.29, 1.82) is 0 Å². The highest BCUT2D eigenvalue weighted by Gasteiger charge is 2.32. The Morgan fingerprint density at radius 2 is 2.44 bits per heavy atom. The minimum Gasteiger partial charge on any atom is -0.325 e. The smallest absolute Gasteiger partial charge is 0.138 e. The molecule has 4 nitrogen and oxygen atoms in total. The van der Waals surface area contributed by atoms with Crippen LogP contribution in [0, 0.1) is 5.92 Å². The van der Waals surface area contributed by atoms with Crippen molar-refractivity contribution in [3.05, 3.63) is 12.2 Å². The molecular formula is C12H22N4. The largest absolute Gasteiger partial charge is 0.325 e. The van der Waals surface area contributed by atoms with Crippen LogP contribution in [-0.4, -0.2) is 20.3 Å². The van der Waals surface area contributed by atoms with Gasteiger partial charge in [0.25, 0.3) is 0 Å². The van der Waals surface area contributed by atoms with Crippen LogP contribution in [0.3, 0.4) is 0 Å². The third-order valence-electron chi connectivity index (χ3n) is 3.63. The molecule has 1 saturated carbocycles. The molecule has 16 heavy (non-hydrogen) atoms. The van der Waals surface area contributed by atoms with Gasteiger partial charge in [-0.15, -0.1) is 0 Å². The van der Waals surface area contributed by atoms with E-state index < -0.39 is 0 Å². The lowest BCUT2D eigenvalue weighted by Crippen LogP contribution is -2.46. The van der Waals surface area contributed by atoms with Crippen LogP contribution < -0.4 is 5.73 Å². The minimum absolute atomic E-state index is 0.0579. The van der Waals surface area contributed by atoms with Gasteiger partial charge in [0, 0.05) is 18.5 Å². The Kier molecular flexibility index (Phi) is 3.28. The molecule has 0 bridgehead atoms. The van der Waals surface area contributed by atoms with Crippen LogP contribution in [0.5, 0.6) is 0 Å². The average Bonchev–Trinajstić information content (AvgIpc) is 2.63. The molecule has 1 aliphatic carbocycles. The van der Waals surface area contributed by atoms with Gasteiger partial charge in [0.05, 0.1) is 0 Å². The molecule has 0 aliphatic heterocycles. The van der Waals surface area contributed by atoms with E-state index in [9.17, 15) is 0 Å². The maximum atomic E-state index is 6.48. The predicted molar refractivity (Wildman–Crippen MR) is 64.0 cm³/mol. The molecule has 2 atom stereocenters. The number of nitrogens with two attached hydrogens (primary N) is 1. The second-order valence-electron chi connectivity index (χ2n) is 5.23. The van der Waals surface area contributed by atoms with Gasteiger partial charge >= 0.3 is 0 Å². The highest BCUT2D eigenvalue weighted by atomic mass is 15.3. The van der Waals surface area contributed by atoms with E-state index in [1.807, 2.05) is 4.68 Å². The fraction of sp³-hybridized carbons (Fsp3) is 0.833. The van der Waals surface area contributed by atoms with Crippen LogP contribution >= 0.6 is 0 Å².